The first-order chi connectivity index (χ1) is 14.8. The first kappa shape index (κ1) is 21.7. The Bertz CT molecular complexity index is 1040. The van der Waals surface area contributed by atoms with Crippen molar-refractivity contribution in [2.24, 2.45) is 0 Å². The molecule has 3 rings (SSSR count). The van der Waals surface area contributed by atoms with E-state index >= 15 is 0 Å². The molecule has 160 valence electrons. The van der Waals surface area contributed by atoms with E-state index in [1.165, 1.54) is 12.1 Å². The van der Waals surface area contributed by atoms with Crippen molar-refractivity contribution in [2.75, 3.05) is 17.2 Å². The standard InChI is InChI=1S/C22H17F3N2O4/c23-22(24,25)31-17-12-10-16(11-13-17)26-20(28)14-30-19-9-5-4-8-18(19)21(29)27-15-6-2-1-3-7-15/h1-13H,14H2,(H,26,28)(H,27,29). The lowest BCUT2D eigenvalue weighted by Crippen LogP contribution is -2.21. The lowest BCUT2D eigenvalue weighted by Gasteiger charge is -2.12. The van der Waals surface area contributed by atoms with Gasteiger partial charge >= 0.3 is 6.36 Å². The number of hydrogen-bond donors (Lipinski definition) is 2. The number of anilines is 2. The van der Waals surface area contributed by atoms with Gasteiger partial charge in [0.25, 0.3) is 11.8 Å². The molecule has 0 aliphatic carbocycles. The van der Waals surface area contributed by atoms with Crippen molar-refractivity contribution < 1.29 is 32.2 Å². The van der Waals surface area contributed by atoms with E-state index in [1.54, 1.807) is 48.5 Å². The van der Waals surface area contributed by atoms with Crippen LogP contribution < -0.4 is 20.1 Å². The van der Waals surface area contributed by atoms with Crippen LogP contribution in [0.1, 0.15) is 10.4 Å². The summed E-state index contributed by atoms with van der Waals surface area (Å²) < 4.78 is 45.8. The van der Waals surface area contributed by atoms with Gasteiger partial charge in [0.15, 0.2) is 6.61 Å². The Morgan fingerprint density at radius 1 is 0.774 bits per heavy atom. The third kappa shape index (κ3) is 6.77. The van der Waals surface area contributed by atoms with Crippen LogP contribution in [0, 0.1) is 0 Å². The molecule has 0 aliphatic rings. The largest absolute Gasteiger partial charge is 0.573 e. The Balaban J connectivity index is 1.57. The van der Waals surface area contributed by atoms with Gasteiger partial charge in [0, 0.05) is 11.4 Å². The number of alkyl halides is 3. The number of amides is 2. The molecule has 9 heteroatoms. The average Bonchev–Trinajstić information content (AvgIpc) is 2.73. The minimum atomic E-state index is -4.79. The van der Waals surface area contributed by atoms with Crippen LogP contribution in [0.5, 0.6) is 11.5 Å². The highest BCUT2D eigenvalue weighted by Crippen LogP contribution is 2.24. The highest BCUT2D eigenvalue weighted by molar-refractivity contribution is 6.06. The van der Waals surface area contributed by atoms with E-state index < -0.39 is 30.5 Å². The summed E-state index contributed by atoms with van der Waals surface area (Å²) in [6.07, 6.45) is -4.79. The molecule has 0 atom stereocenters. The van der Waals surface area contributed by atoms with Crippen LogP contribution >= 0.6 is 0 Å². The molecular weight excluding hydrogens is 413 g/mol. The number of para-hydroxylation sites is 2. The molecule has 0 heterocycles. The van der Waals surface area contributed by atoms with Gasteiger partial charge in [-0.15, -0.1) is 13.2 Å². The number of hydrogen-bond acceptors (Lipinski definition) is 4. The minimum absolute atomic E-state index is 0.208. The second-order valence-corrected chi connectivity index (χ2v) is 6.23. The maximum atomic E-state index is 12.5. The third-order valence-electron chi connectivity index (χ3n) is 3.89. The van der Waals surface area contributed by atoms with E-state index in [4.69, 9.17) is 4.74 Å². The molecule has 0 saturated heterocycles. The molecule has 31 heavy (non-hydrogen) atoms. The van der Waals surface area contributed by atoms with Crippen LogP contribution in [-0.4, -0.2) is 24.8 Å². The van der Waals surface area contributed by atoms with Crippen LogP contribution in [-0.2, 0) is 4.79 Å². The summed E-state index contributed by atoms with van der Waals surface area (Å²) in [6, 6.07) is 20.0. The molecular formula is C22H17F3N2O4. The lowest BCUT2D eigenvalue weighted by molar-refractivity contribution is -0.274. The summed E-state index contributed by atoms with van der Waals surface area (Å²) in [6.45, 7) is -0.406. The summed E-state index contributed by atoms with van der Waals surface area (Å²) in [7, 11) is 0. The van der Waals surface area contributed by atoms with E-state index in [9.17, 15) is 22.8 Å². The van der Waals surface area contributed by atoms with Crippen molar-refractivity contribution in [1.82, 2.24) is 0 Å². The summed E-state index contributed by atoms with van der Waals surface area (Å²) in [4.78, 5) is 24.6. The smallest absolute Gasteiger partial charge is 0.483 e. The average molecular weight is 430 g/mol. The lowest BCUT2D eigenvalue weighted by atomic mass is 10.2. The molecule has 0 aromatic heterocycles. The van der Waals surface area contributed by atoms with Crippen molar-refractivity contribution in [3.05, 3.63) is 84.4 Å². The first-order valence-electron chi connectivity index (χ1n) is 9.04. The fraction of sp³-hybridized carbons (Fsp3) is 0.0909. The molecule has 0 bridgehead atoms. The highest BCUT2D eigenvalue weighted by atomic mass is 19.4. The predicted molar refractivity (Wildman–Crippen MR) is 108 cm³/mol. The Morgan fingerprint density at radius 2 is 1.39 bits per heavy atom. The van der Waals surface area contributed by atoms with Crippen molar-refractivity contribution in [3.63, 3.8) is 0 Å². The number of ether oxygens (including phenoxy) is 2. The van der Waals surface area contributed by atoms with Crippen LogP contribution in [0.4, 0.5) is 24.5 Å². The molecule has 0 fully saturated rings. The van der Waals surface area contributed by atoms with Crippen molar-refractivity contribution in [3.8, 4) is 11.5 Å². The van der Waals surface area contributed by atoms with Gasteiger partial charge in [-0.25, -0.2) is 0 Å². The second kappa shape index (κ2) is 9.66. The molecule has 3 aromatic rings. The molecule has 0 radical (unpaired) electrons. The Hall–Kier alpha value is -4.01. The zero-order valence-corrected chi connectivity index (χ0v) is 16.0. The zero-order chi connectivity index (χ0) is 22.3. The maximum absolute atomic E-state index is 12.5. The van der Waals surface area contributed by atoms with Gasteiger partial charge in [0.2, 0.25) is 0 Å². The summed E-state index contributed by atoms with van der Waals surface area (Å²) in [5.74, 6) is -1.15. The number of nitrogens with one attached hydrogen (secondary N) is 2. The molecule has 0 spiro atoms. The number of carbonyl (C=O) groups is 2. The summed E-state index contributed by atoms with van der Waals surface area (Å²) in [5.41, 5.74) is 1.11. The van der Waals surface area contributed by atoms with Crippen LogP contribution in [0.15, 0.2) is 78.9 Å². The molecule has 0 saturated carbocycles. The zero-order valence-electron chi connectivity index (χ0n) is 16.0. The van der Waals surface area contributed by atoms with Gasteiger partial charge in [-0.1, -0.05) is 30.3 Å². The first-order valence-corrected chi connectivity index (χ1v) is 9.04. The molecule has 6 nitrogen and oxygen atoms in total. The number of benzene rings is 3. The van der Waals surface area contributed by atoms with E-state index in [0.29, 0.717) is 5.69 Å². The summed E-state index contributed by atoms with van der Waals surface area (Å²) in [5, 5.41) is 5.23. The monoisotopic (exact) mass is 430 g/mol. The van der Waals surface area contributed by atoms with Gasteiger partial charge in [-0.2, -0.15) is 0 Å². The molecule has 2 N–H and O–H groups in total. The van der Waals surface area contributed by atoms with Crippen molar-refractivity contribution in [1.29, 1.82) is 0 Å². The Morgan fingerprint density at radius 3 is 2.06 bits per heavy atom. The van der Waals surface area contributed by atoms with E-state index in [0.717, 1.165) is 12.1 Å². The van der Waals surface area contributed by atoms with Crippen LogP contribution in [0.25, 0.3) is 0 Å². The fourth-order valence-electron chi connectivity index (χ4n) is 2.58. The normalized spacial score (nSPS) is 10.8. The SMILES string of the molecule is O=C(COc1ccccc1C(=O)Nc1ccccc1)Nc1ccc(OC(F)(F)F)cc1. The Kier molecular flexibility index (Phi) is 6.76. The number of halogens is 3. The molecule has 3 aromatic carbocycles. The van der Waals surface area contributed by atoms with Crippen molar-refractivity contribution >= 4 is 23.2 Å². The maximum Gasteiger partial charge on any atom is 0.573 e. The van der Waals surface area contributed by atoms with Crippen LogP contribution in [0.3, 0.4) is 0 Å². The van der Waals surface area contributed by atoms with Crippen LogP contribution in [0.2, 0.25) is 0 Å². The molecule has 2 amide bonds. The Labute approximate surface area is 175 Å². The van der Waals surface area contributed by atoms with Gasteiger partial charge in [-0.05, 0) is 48.5 Å². The number of carbonyl (C=O) groups excluding carboxylic acids is 2. The van der Waals surface area contributed by atoms with Gasteiger partial charge < -0.3 is 20.1 Å². The molecule has 0 aliphatic heterocycles. The molecule has 0 unspecified atom stereocenters. The van der Waals surface area contributed by atoms with E-state index in [1.807, 2.05) is 6.07 Å². The van der Waals surface area contributed by atoms with Gasteiger partial charge in [0.05, 0.1) is 5.56 Å². The van der Waals surface area contributed by atoms with Crippen molar-refractivity contribution in [2.45, 2.75) is 6.36 Å². The fourth-order valence-corrected chi connectivity index (χ4v) is 2.58. The topological polar surface area (TPSA) is 76.7 Å². The predicted octanol–water partition coefficient (Wildman–Crippen LogP) is 4.86. The minimum Gasteiger partial charge on any atom is -0.483 e. The van der Waals surface area contributed by atoms with E-state index in [2.05, 4.69) is 15.4 Å². The second-order valence-electron chi connectivity index (χ2n) is 6.23. The van der Waals surface area contributed by atoms with Gasteiger partial charge in [0.1, 0.15) is 11.5 Å². The summed E-state index contributed by atoms with van der Waals surface area (Å²) >= 11 is 0. The quantitative estimate of drug-likeness (QED) is 0.562. The number of rotatable bonds is 7. The third-order valence-corrected chi connectivity index (χ3v) is 3.89. The highest BCUT2D eigenvalue weighted by Gasteiger charge is 2.30. The van der Waals surface area contributed by atoms with E-state index in [-0.39, 0.29) is 17.0 Å². The van der Waals surface area contributed by atoms with Gasteiger partial charge in [-0.3, -0.25) is 9.59 Å².